The van der Waals surface area contributed by atoms with Gasteiger partial charge in [0.25, 0.3) is 0 Å². The van der Waals surface area contributed by atoms with Gasteiger partial charge in [0.15, 0.2) is 0 Å². The van der Waals surface area contributed by atoms with Crippen LogP contribution in [0.4, 0.5) is 5.69 Å². The van der Waals surface area contributed by atoms with Gasteiger partial charge in [-0.2, -0.15) is 0 Å². The average Bonchev–Trinajstić information content (AvgIpc) is 2.27. The van der Waals surface area contributed by atoms with Gasteiger partial charge in [-0.3, -0.25) is 0 Å². The van der Waals surface area contributed by atoms with E-state index in [2.05, 4.69) is 49.3 Å². The minimum atomic E-state index is -1.64. The maximum absolute atomic E-state index is 5.98. The van der Waals surface area contributed by atoms with Crippen molar-refractivity contribution in [2.75, 3.05) is 25.1 Å². The van der Waals surface area contributed by atoms with Crippen molar-refractivity contribution in [1.82, 2.24) is 0 Å². The summed E-state index contributed by atoms with van der Waals surface area (Å²) >= 11 is 0. The van der Waals surface area contributed by atoms with Gasteiger partial charge in [-0.15, -0.1) is 0 Å². The van der Waals surface area contributed by atoms with E-state index in [0.717, 1.165) is 13.2 Å². The molecule has 0 spiro atoms. The van der Waals surface area contributed by atoms with Crippen LogP contribution >= 0.6 is 0 Å². The monoisotopic (exact) mass is 207 g/mol. The first kappa shape index (κ1) is 9.74. The molecule has 0 unspecified atom stereocenters. The number of benzene rings is 1. The Balaban J connectivity index is 2.53. The first-order valence-electron chi connectivity index (χ1n) is 5.06. The second-order valence-electron chi connectivity index (χ2n) is 4.30. The quantitative estimate of drug-likeness (QED) is 0.599. The third kappa shape index (κ3) is 1.57. The number of likely N-dealkylation sites (N-methyl/N-ethyl adjacent to an activating group) is 1. The van der Waals surface area contributed by atoms with Gasteiger partial charge in [0.2, 0.25) is 8.32 Å². The number of anilines is 1. The summed E-state index contributed by atoms with van der Waals surface area (Å²) in [5, 5.41) is 1.42. The highest BCUT2D eigenvalue weighted by atomic mass is 28.4. The summed E-state index contributed by atoms with van der Waals surface area (Å²) in [6.07, 6.45) is 0. The molecular formula is C11H17NOSi. The van der Waals surface area contributed by atoms with Crippen molar-refractivity contribution in [3.05, 3.63) is 24.3 Å². The largest absolute Gasteiger partial charge is 0.411 e. The molecule has 0 atom stereocenters. The lowest BCUT2D eigenvalue weighted by Gasteiger charge is -2.23. The van der Waals surface area contributed by atoms with Crippen molar-refractivity contribution in [2.45, 2.75) is 13.1 Å². The van der Waals surface area contributed by atoms with Crippen LogP contribution in [0.25, 0.3) is 0 Å². The van der Waals surface area contributed by atoms with Crippen LogP contribution in [0.15, 0.2) is 24.3 Å². The normalized spacial score (nSPS) is 20.1. The van der Waals surface area contributed by atoms with Crippen molar-refractivity contribution in [3.63, 3.8) is 0 Å². The van der Waals surface area contributed by atoms with Crippen LogP contribution in [0.2, 0.25) is 13.1 Å². The zero-order chi connectivity index (χ0) is 10.2. The van der Waals surface area contributed by atoms with Crippen molar-refractivity contribution >= 4 is 19.2 Å². The van der Waals surface area contributed by atoms with E-state index in [0.29, 0.717) is 0 Å². The highest BCUT2D eigenvalue weighted by Gasteiger charge is 2.31. The lowest BCUT2D eigenvalue weighted by atomic mass is 10.3. The van der Waals surface area contributed by atoms with Crippen molar-refractivity contribution < 1.29 is 4.43 Å². The molecule has 0 fully saturated rings. The molecule has 1 aliphatic heterocycles. The molecule has 1 heterocycles. The molecular weight excluding hydrogens is 190 g/mol. The molecule has 0 N–H and O–H groups in total. The third-order valence-corrected chi connectivity index (χ3v) is 5.50. The van der Waals surface area contributed by atoms with Crippen molar-refractivity contribution in [1.29, 1.82) is 0 Å². The fourth-order valence-corrected chi connectivity index (χ4v) is 4.10. The molecule has 2 nitrogen and oxygen atoms in total. The number of nitrogens with zero attached hydrogens (tertiary/aromatic N) is 1. The van der Waals surface area contributed by atoms with Gasteiger partial charge in [0.1, 0.15) is 0 Å². The molecule has 14 heavy (non-hydrogen) atoms. The van der Waals surface area contributed by atoms with Gasteiger partial charge in [0, 0.05) is 19.3 Å². The molecule has 0 radical (unpaired) electrons. The summed E-state index contributed by atoms with van der Waals surface area (Å²) in [7, 11) is 0.492. The topological polar surface area (TPSA) is 12.5 Å². The molecule has 3 heteroatoms. The van der Waals surface area contributed by atoms with Gasteiger partial charge in [0.05, 0.1) is 6.61 Å². The van der Waals surface area contributed by atoms with Crippen molar-refractivity contribution in [2.24, 2.45) is 0 Å². The van der Waals surface area contributed by atoms with Crippen molar-refractivity contribution in [3.8, 4) is 0 Å². The van der Waals surface area contributed by atoms with Gasteiger partial charge >= 0.3 is 0 Å². The van der Waals surface area contributed by atoms with Crippen LogP contribution in [-0.2, 0) is 4.43 Å². The molecule has 0 aliphatic carbocycles. The fraction of sp³-hybridized carbons (Fsp3) is 0.455. The van der Waals surface area contributed by atoms with E-state index in [4.69, 9.17) is 4.43 Å². The molecule has 76 valence electrons. The Labute approximate surface area is 86.6 Å². The van der Waals surface area contributed by atoms with Crippen LogP contribution in [0, 0.1) is 0 Å². The Kier molecular flexibility index (Phi) is 2.37. The van der Waals surface area contributed by atoms with Crippen LogP contribution < -0.4 is 10.1 Å². The van der Waals surface area contributed by atoms with E-state index >= 15 is 0 Å². The van der Waals surface area contributed by atoms with E-state index < -0.39 is 8.32 Å². The number of hydrogen-bond donors (Lipinski definition) is 0. The molecule has 1 aliphatic rings. The lowest BCUT2D eigenvalue weighted by Crippen LogP contribution is -2.44. The SMILES string of the molecule is CN1CCO[Si](C)(C)c2ccccc21. The summed E-state index contributed by atoms with van der Waals surface area (Å²) in [4.78, 5) is 2.29. The minimum Gasteiger partial charge on any atom is -0.411 e. The number of rotatable bonds is 0. The highest BCUT2D eigenvalue weighted by molar-refractivity contribution is 6.85. The highest BCUT2D eigenvalue weighted by Crippen LogP contribution is 2.19. The zero-order valence-electron chi connectivity index (χ0n) is 9.08. The molecule has 0 bridgehead atoms. The smallest absolute Gasteiger partial charge is 0.220 e. The van der Waals surface area contributed by atoms with Crippen LogP contribution in [0.1, 0.15) is 0 Å². The zero-order valence-corrected chi connectivity index (χ0v) is 10.1. The second-order valence-corrected chi connectivity index (χ2v) is 8.15. The number of hydrogen-bond acceptors (Lipinski definition) is 2. The summed E-state index contributed by atoms with van der Waals surface area (Å²) in [5.74, 6) is 0. The summed E-state index contributed by atoms with van der Waals surface area (Å²) in [6, 6.07) is 8.61. The maximum atomic E-state index is 5.98. The summed E-state index contributed by atoms with van der Waals surface area (Å²) < 4.78 is 5.98. The van der Waals surface area contributed by atoms with E-state index in [1.54, 1.807) is 0 Å². The van der Waals surface area contributed by atoms with Gasteiger partial charge in [-0.1, -0.05) is 18.2 Å². The van der Waals surface area contributed by atoms with Gasteiger partial charge in [-0.25, -0.2) is 0 Å². The Morgan fingerprint density at radius 1 is 1.29 bits per heavy atom. The summed E-state index contributed by atoms with van der Waals surface area (Å²) in [5.41, 5.74) is 1.35. The predicted octanol–water partition coefficient (Wildman–Crippen LogP) is 1.57. The molecule has 0 saturated carbocycles. The first-order valence-corrected chi connectivity index (χ1v) is 7.97. The Hall–Kier alpha value is -0.803. The fourth-order valence-electron chi connectivity index (χ4n) is 1.95. The van der Waals surface area contributed by atoms with E-state index in [1.807, 2.05) is 0 Å². The molecule has 2 rings (SSSR count). The lowest BCUT2D eigenvalue weighted by molar-refractivity contribution is 0.328. The van der Waals surface area contributed by atoms with Gasteiger partial charge < -0.3 is 9.33 Å². The second kappa shape index (κ2) is 3.40. The van der Waals surface area contributed by atoms with E-state index in [-0.39, 0.29) is 0 Å². The molecule has 1 aromatic rings. The van der Waals surface area contributed by atoms with E-state index in [1.165, 1.54) is 10.9 Å². The Bertz CT molecular complexity index is 338. The molecule has 0 amide bonds. The van der Waals surface area contributed by atoms with Crippen LogP contribution in [0.3, 0.4) is 0 Å². The van der Waals surface area contributed by atoms with Crippen LogP contribution in [0.5, 0.6) is 0 Å². The standard InChI is InChI=1S/C11H17NOSi/c1-12-8-9-13-14(2,3)11-7-5-4-6-10(11)12/h4-7H,8-9H2,1-3H3. The van der Waals surface area contributed by atoms with Gasteiger partial charge in [-0.05, 0) is 24.3 Å². The predicted molar refractivity (Wildman–Crippen MR) is 62.8 cm³/mol. The molecule has 1 aromatic carbocycles. The van der Waals surface area contributed by atoms with E-state index in [9.17, 15) is 0 Å². The average molecular weight is 207 g/mol. The number of para-hydroxylation sites is 1. The molecule has 0 aromatic heterocycles. The van der Waals surface area contributed by atoms with Crippen LogP contribution in [-0.4, -0.2) is 28.5 Å². The maximum Gasteiger partial charge on any atom is 0.220 e. The minimum absolute atomic E-state index is 0.852. The molecule has 0 saturated heterocycles. The number of fused-ring (bicyclic) bond motifs is 1. The Morgan fingerprint density at radius 3 is 2.79 bits per heavy atom. The summed E-state index contributed by atoms with van der Waals surface area (Å²) in [6.45, 7) is 6.38. The third-order valence-electron chi connectivity index (χ3n) is 2.85. The first-order chi connectivity index (χ1) is 6.61. The Morgan fingerprint density at radius 2 is 2.00 bits per heavy atom.